The number of carboxylic acids is 1. The van der Waals surface area contributed by atoms with Crippen LogP contribution in [-0.4, -0.2) is 17.6 Å². The Balaban J connectivity index is 2.69. The van der Waals surface area contributed by atoms with E-state index in [4.69, 9.17) is 10.6 Å². The summed E-state index contributed by atoms with van der Waals surface area (Å²) in [7, 11) is 0. The van der Waals surface area contributed by atoms with Gasteiger partial charge in [-0.1, -0.05) is 23.0 Å². The molecule has 0 heterocycles. The summed E-state index contributed by atoms with van der Waals surface area (Å²) in [5, 5.41) is 12.1. The van der Waals surface area contributed by atoms with Crippen LogP contribution in [0.25, 0.3) is 10.4 Å². The van der Waals surface area contributed by atoms with Crippen molar-refractivity contribution in [3.05, 3.63) is 45.8 Å². The lowest BCUT2D eigenvalue weighted by atomic mass is 10.1. The van der Waals surface area contributed by atoms with Crippen LogP contribution >= 0.6 is 0 Å². The largest absolute Gasteiger partial charge is 0.478 e. The fraction of sp³-hybridized carbons (Fsp3) is 0.182. The van der Waals surface area contributed by atoms with E-state index < -0.39 is 5.97 Å². The van der Waals surface area contributed by atoms with Gasteiger partial charge in [-0.05, 0) is 23.7 Å². The van der Waals surface area contributed by atoms with Crippen molar-refractivity contribution in [1.29, 1.82) is 0 Å². The standard InChI is InChI=1S/C11H9N3O2/c12-14-13-7-2-1-4-9-5-3-6-10(8-9)11(15)16/h3,5-6,8H,2,7H2,(H,15,16). The second-order valence-corrected chi connectivity index (χ2v) is 2.89. The Morgan fingerprint density at radius 1 is 1.56 bits per heavy atom. The monoisotopic (exact) mass is 215 g/mol. The maximum atomic E-state index is 10.7. The van der Waals surface area contributed by atoms with E-state index in [1.54, 1.807) is 12.1 Å². The summed E-state index contributed by atoms with van der Waals surface area (Å²) in [6.45, 7) is 0.322. The normalized spacial score (nSPS) is 8.50. The molecule has 0 aliphatic heterocycles. The third-order valence-electron chi connectivity index (χ3n) is 1.74. The first kappa shape index (κ1) is 11.6. The third-order valence-corrected chi connectivity index (χ3v) is 1.74. The summed E-state index contributed by atoms with van der Waals surface area (Å²) < 4.78 is 0. The van der Waals surface area contributed by atoms with Crippen LogP contribution in [0.1, 0.15) is 22.3 Å². The molecule has 0 bridgehead atoms. The molecular formula is C11H9N3O2. The molecule has 0 amide bonds. The van der Waals surface area contributed by atoms with Gasteiger partial charge in [0.25, 0.3) is 0 Å². The third kappa shape index (κ3) is 3.74. The molecule has 0 fully saturated rings. The number of carbonyl (C=O) groups is 1. The molecule has 0 unspecified atom stereocenters. The minimum absolute atomic E-state index is 0.210. The highest BCUT2D eigenvalue weighted by Gasteiger charge is 2.00. The second kappa shape index (κ2) is 6.12. The van der Waals surface area contributed by atoms with E-state index in [1.807, 2.05) is 0 Å². The van der Waals surface area contributed by atoms with Crippen LogP contribution in [0.3, 0.4) is 0 Å². The Hall–Kier alpha value is -2.44. The van der Waals surface area contributed by atoms with E-state index in [0.717, 1.165) is 0 Å². The maximum absolute atomic E-state index is 10.7. The lowest BCUT2D eigenvalue weighted by Crippen LogP contribution is -1.95. The topological polar surface area (TPSA) is 86.1 Å². The molecule has 0 aliphatic carbocycles. The number of rotatable bonds is 3. The van der Waals surface area contributed by atoms with Crippen LogP contribution < -0.4 is 0 Å². The molecule has 80 valence electrons. The van der Waals surface area contributed by atoms with Crippen molar-refractivity contribution in [2.75, 3.05) is 6.54 Å². The van der Waals surface area contributed by atoms with E-state index >= 15 is 0 Å². The number of benzene rings is 1. The van der Waals surface area contributed by atoms with Gasteiger partial charge < -0.3 is 5.11 Å². The number of nitrogens with zero attached hydrogens (tertiary/aromatic N) is 3. The Morgan fingerprint density at radius 3 is 3.06 bits per heavy atom. The number of azide groups is 1. The van der Waals surface area contributed by atoms with Crippen molar-refractivity contribution in [3.8, 4) is 11.8 Å². The summed E-state index contributed by atoms with van der Waals surface area (Å²) >= 11 is 0. The molecule has 5 nitrogen and oxygen atoms in total. The van der Waals surface area contributed by atoms with Gasteiger partial charge in [0.15, 0.2) is 0 Å². The first-order valence-corrected chi connectivity index (χ1v) is 4.57. The molecule has 0 saturated carbocycles. The van der Waals surface area contributed by atoms with Crippen LogP contribution in [0.2, 0.25) is 0 Å². The molecule has 1 rings (SSSR count). The molecular weight excluding hydrogens is 206 g/mol. The van der Waals surface area contributed by atoms with Crippen molar-refractivity contribution in [2.24, 2.45) is 5.11 Å². The minimum atomic E-state index is -0.974. The zero-order chi connectivity index (χ0) is 11.8. The van der Waals surface area contributed by atoms with Crippen LogP contribution in [0, 0.1) is 11.8 Å². The Labute approximate surface area is 92.3 Å². The lowest BCUT2D eigenvalue weighted by molar-refractivity contribution is 0.0697. The zero-order valence-corrected chi connectivity index (χ0v) is 8.42. The minimum Gasteiger partial charge on any atom is -0.478 e. The van der Waals surface area contributed by atoms with E-state index in [1.165, 1.54) is 12.1 Å². The average Bonchev–Trinajstić information content (AvgIpc) is 2.29. The first-order chi connectivity index (χ1) is 7.74. The molecule has 0 spiro atoms. The molecule has 1 aromatic carbocycles. The van der Waals surface area contributed by atoms with Crippen molar-refractivity contribution in [3.63, 3.8) is 0 Å². The molecule has 0 radical (unpaired) electrons. The highest BCUT2D eigenvalue weighted by molar-refractivity contribution is 5.87. The average molecular weight is 215 g/mol. The van der Waals surface area contributed by atoms with Gasteiger partial charge in [0, 0.05) is 23.4 Å². The highest BCUT2D eigenvalue weighted by atomic mass is 16.4. The molecule has 1 aromatic rings. The molecule has 1 N–H and O–H groups in total. The predicted molar refractivity (Wildman–Crippen MR) is 58.9 cm³/mol. The molecule has 0 saturated heterocycles. The van der Waals surface area contributed by atoms with Crippen molar-refractivity contribution < 1.29 is 9.90 Å². The molecule has 5 heteroatoms. The summed E-state index contributed by atoms with van der Waals surface area (Å²) in [5.74, 6) is 4.62. The van der Waals surface area contributed by atoms with Crippen LogP contribution in [0.4, 0.5) is 0 Å². The molecule has 16 heavy (non-hydrogen) atoms. The van der Waals surface area contributed by atoms with Gasteiger partial charge in [-0.2, -0.15) is 0 Å². The second-order valence-electron chi connectivity index (χ2n) is 2.89. The first-order valence-electron chi connectivity index (χ1n) is 4.57. The van der Waals surface area contributed by atoms with Gasteiger partial charge in [-0.15, -0.1) is 0 Å². The summed E-state index contributed by atoms with van der Waals surface area (Å²) in [6.07, 6.45) is 0.460. The van der Waals surface area contributed by atoms with Gasteiger partial charge in [-0.3, -0.25) is 0 Å². The van der Waals surface area contributed by atoms with Gasteiger partial charge in [0.2, 0.25) is 0 Å². The summed E-state index contributed by atoms with van der Waals surface area (Å²) in [6, 6.07) is 6.38. The Morgan fingerprint density at radius 2 is 2.38 bits per heavy atom. The Bertz CT molecular complexity index is 493. The number of hydrogen-bond acceptors (Lipinski definition) is 2. The predicted octanol–water partition coefficient (Wildman–Crippen LogP) is 2.44. The van der Waals surface area contributed by atoms with Gasteiger partial charge >= 0.3 is 5.97 Å². The highest BCUT2D eigenvalue weighted by Crippen LogP contribution is 2.03. The SMILES string of the molecule is [N-]=[N+]=NCCC#Cc1cccc(C(=O)O)c1. The molecule has 0 atom stereocenters. The number of hydrogen-bond donors (Lipinski definition) is 1. The van der Waals surface area contributed by atoms with Crippen LogP contribution in [0.5, 0.6) is 0 Å². The van der Waals surface area contributed by atoms with E-state index in [2.05, 4.69) is 21.9 Å². The van der Waals surface area contributed by atoms with Crippen LogP contribution in [0.15, 0.2) is 29.4 Å². The summed E-state index contributed by atoms with van der Waals surface area (Å²) in [5.41, 5.74) is 8.87. The quantitative estimate of drug-likeness (QED) is 0.276. The number of carboxylic acid groups (broad SMARTS) is 1. The molecule has 0 aliphatic rings. The fourth-order valence-corrected chi connectivity index (χ4v) is 1.05. The van der Waals surface area contributed by atoms with Gasteiger partial charge in [0.1, 0.15) is 0 Å². The fourth-order valence-electron chi connectivity index (χ4n) is 1.05. The molecule has 0 aromatic heterocycles. The maximum Gasteiger partial charge on any atom is 0.335 e. The smallest absolute Gasteiger partial charge is 0.335 e. The van der Waals surface area contributed by atoms with Crippen LogP contribution in [-0.2, 0) is 0 Å². The van der Waals surface area contributed by atoms with Gasteiger partial charge in [-0.25, -0.2) is 4.79 Å². The van der Waals surface area contributed by atoms with E-state index in [-0.39, 0.29) is 5.56 Å². The van der Waals surface area contributed by atoms with E-state index in [0.29, 0.717) is 18.5 Å². The van der Waals surface area contributed by atoms with Crippen molar-refractivity contribution in [2.45, 2.75) is 6.42 Å². The lowest BCUT2D eigenvalue weighted by Gasteiger charge is -1.94. The van der Waals surface area contributed by atoms with Crippen molar-refractivity contribution >= 4 is 5.97 Å². The summed E-state index contributed by atoms with van der Waals surface area (Å²) in [4.78, 5) is 13.3. The number of aromatic carboxylic acids is 1. The zero-order valence-electron chi connectivity index (χ0n) is 8.42. The van der Waals surface area contributed by atoms with Crippen molar-refractivity contribution in [1.82, 2.24) is 0 Å². The van der Waals surface area contributed by atoms with Gasteiger partial charge in [0.05, 0.1) is 5.56 Å². The van der Waals surface area contributed by atoms with E-state index in [9.17, 15) is 4.79 Å². The Kier molecular flexibility index (Phi) is 4.45.